The van der Waals surface area contributed by atoms with Crippen molar-refractivity contribution in [3.8, 4) is 5.75 Å². The number of benzene rings is 2. The fraction of sp³-hybridized carbons (Fsp3) is 0.316. The molecule has 2 aromatic carbocycles. The number of nitrogens with zero attached hydrogens (tertiary/aromatic N) is 1. The number of aryl methyl sites for hydroxylation is 2. The molecule has 6 nitrogen and oxygen atoms in total. The molecule has 0 radical (unpaired) electrons. The molecule has 27 heavy (non-hydrogen) atoms. The minimum Gasteiger partial charge on any atom is -0.495 e. The molecule has 0 aliphatic rings. The van der Waals surface area contributed by atoms with Crippen LogP contribution in [0.5, 0.6) is 5.75 Å². The highest BCUT2D eigenvalue weighted by molar-refractivity contribution is 7.92. The zero-order valence-corrected chi connectivity index (χ0v) is 17.5. The summed E-state index contributed by atoms with van der Waals surface area (Å²) in [7, 11) is -2.27. The number of amides is 1. The summed E-state index contributed by atoms with van der Waals surface area (Å²) in [6.45, 7) is 5.36. The van der Waals surface area contributed by atoms with E-state index in [1.54, 1.807) is 18.2 Å². The van der Waals surface area contributed by atoms with Gasteiger partial charge in [0.15, 0.2) is 0 Å². The summed E-state index contributed by atoms with van der Waals surface area (Å²) >= 11 is 6.13. The summed E-state index contributed by atoms with van der Waals surface area (Å²) in [6.07, 6.45) is 1.05. The second-order valence-corrected chi connectivity index (χ2v) is 8.63. The maximum Gasteiger partial charge on any atom is 0.248 e. The molecule has 0 bridgehead atoms. The zero-order chi connectivity index (χ0) is 20.4. The van der Waals surface area contributed by atoms with Crippen LogP contribution in [0.1, 0.15) is 18.1 Å². The molecule has 1 atom stereocenters. The number of hydrogen-bond acceptors (Lipinski definition) is 4. The van der Waals surface area contributed by atoms with E-state index in [1.165, 1.54) is 20.1 Å². The Bertz CT molecular complexity index is 960. The van der Waals surface area contributed by atoms with Crippen molar-refractivity contribution in [2.75, 3.05) is 23.0 Å². The van der Waals surface area contributed by atoms with Crippen LogP contribution < -0.4 is 14.4 Å². The highest BCUT2D eigenvalue weighted by Crippen LogP contribution is 2.31. The van der Waals surface area contributed by atoms with Gasteiger partial charge in [-0.25, -0.2) is 8.42 Å². The number of rotatable bonds is 6. The first-order valence-corrected chi connectivity index (χ1v) is 10.5. The Morgan fingerprint density at radius 3 is 2.37 bits per heavy atom. The Kier molecular flexibility index (Phi) is 6.38. The van der Waals surface area contributed by atoms with Gasteiger partial charge in [0.1, 0.15) is 11.8 Å². The lowest BCUT2D eigenvalue weighted by molar-refractivity contribution is -0.116. The summed E-state index contributed by atoms with van der Waals surface area (Å²) < 4.78 is 30.9. The van der Waals surface area contributed by atoms with Gasteiger partial charge in [0.25, 0.3) is 0 Å². The van der Waals surface area contributed by atoms with Gasteiger partial charge in [0.05, 0.1) is 24.1 Å². The Morgan fingerprint density at radius 1 is 1.19 bits per heavy atom. The SMILES string of the molecule is COc1ccc(N([C@H](C)C(=O)Nc2ccc(C)cc2C)S(C)(=O)=O)cc1Cl. The molecule has 2 aromatic rings. The maximum absolute atomic E-state index is 12.7. The minimum absolute atomic E-state index is 0.255. The van der Waals surface area contributed by atoms with E-state index in [9.17, 15) is 13.2 Å². The van der Waals surface area contributed by atoms with Gasteiger partial charge in [0.2, 0.25) is 15.9 Å². The second-order valence-electron chi connectivity index (χ2n) is 6.36. The monoisotopic (exact) mass is 410 g/mol. The standard InChI is InChI=1S/C19H23ClN2O4S/c1-12-6-8-17(13(2)10-12)21-19(23)14(3)22(27(5,24)25)15-7-9-18(26-4)16(20)11-15/h6-11,14H,1-5H3,(H,21,23)/t14-/m1/s1. The van der Waals surface area contributed by atoms with Crippen LogP contribution in [0.25, 0.3) is 0 Å². The molecule has 2 rings (SSSR count). The quantitative estimate of drug-likeness (QED) is 0.786. The Balaban J connectivity index is 2.36. The van der Waals surface area contributed by atoms with E-state index in [2.05, 4.69) is 5.32 Å². The molecule has 0 spiro atoms. The molecule has 146 valence electrons. The predicted molar refractivity (Wildman–Crippen MR) is 109 cm³/mol. The number of halogens is 1. The van der Waals surface area contributed by atoms with Crippen molar-refractivity contribution in [2.24, 2.45) is 0 Å². The van der Waals surface area contributed by atoms with Crippen molar-refractivity contribution in [1.29, 1.82) is 0 Å². The Hall–Kier alpha value is -2.25. The number of nitrogens with one attached hydrogen (secondary N) is 1. The highest BCUT2D eigenvalue weighted by atomic mass is 35.5. The highest BCUT2D eigenvalue weighted by Gasteiger charge is 2.30. The van der Waals surface area contributed by atoms with Crippen molar-refractivity contribution in [3.05, 3.63) is 52.5 Å². The number of ether oxygens (including phenoxy) is 1. The summed E-state index contributed by atoms with van der Waals surface area (Å²) in [5.41, 5.74) is 2.89. The molecule has 0 aliphatic carbocycles. The fourth-order valence-corrected chi connectivity index (χ4v) is 4.21. The van der Waals surface area contributed by atoms with Gasteiger partial charge in [-0.15, -0.1) is 0 Å². The molecule has 1 amide bonds. The normalized spacial score (nSPS) is 12.4. The van der Waals surface area contributed by atoms with Crippen molar-refractivity contribution >= 4 is 38.9 Å². The molecule has 0 unspecified atom stereocenters. The third-order valence-electron chi connectivity index (χ3n) is 4.12. The molecule has 0 aliphatic heterocycles. The third kappa shape index (κ3) is 4.93. The van der Waals surface area contributed by atoms with Crippen LogP contribution in [-0.4, -0.2) is 33.7 Å². The molecule has 0 aromatic heterocycles. The van der Waals surface area contributed by atoms with Crippen LogP contribution in [0.3, 0.4) is 0 Å². The van der Waals surface area contributed by atoms with E-state index >= 15 is 0 Å². The average Bonchev–Trinajstić information content (AvgIpc) is 2.56. The molecular weight excluding hydrogens is 388 g/mol. The molecule has 8 heteroatoms. The van der Waals surface area contributed by atoms with Crippen molar-refractivity contribution in [2.45, 2.75) is 26.8 Å². The average molecular weight is 411 g/mol. The summed E-state index contributed by atoms with van der Waals surface area (Å²) in [5, 5.41) is 3.05. The molecule has 0 saturated heterocycles. The lowest BCUT2D eigenvalue weighted by Crippen LogP contribution is -2.45. The van der Waals surface area contributed by atoms with Gasteiger partial charge in [-0.3, -0.25) is 9.10 Å². The van der Waals surface area contributed by atoms with Gasteiger partial charge < -0.3 is 10.1 Å². The van der Waals surface area contributed by atoms with Crippen LogP contribution in [0, 0.1) is 13.8 Å². The molecule has 1 N–H and O–H groups in total. The molecule has 0 heterocycles. The number of anilines is 2. The van der Waals surface area contributed by atoms with E-state index in [1.807, 2.05) is 26.0 Å². The summed E-state index contributed by atoms with van der Waals surface area (Å²) in [4.78, 5) is 12.7. The van der Waals surface area contributed by atoms with Gasteiger partial charge in [0, 0.05) is 5.69 Å². The first-order chi connectivity index (χ1) is 12.5. The Labute approximate surface area is 165 Å². The van der Waals surface area contributed by atoms with Crippen LogP contribution >= 0.6 is 11.6 Å². The number of hydrogen-bond donors (Lipinski definition) is 1. The van der Waals surface area contributed by atoms with Gasteiger partial charge in [-0.1, -0.05) is 29.3 Å². The van der Waals surface area contributed by atoms with Crippen LogP contribution in [0.15, 0.2) is 36.4 Å². The van der Waals surface area contributed by atoms with Crippen molar-refractivity contribution < 1.29 is 17.9 Å². The van der Waals surface area contributed by atoms with Crippen LogP contribution in [0.4, 0.5) is 11.4 Å². The first kappa shape index (κ1) is 21.1. The second kappa shape index (κ2) is 8.19. The number of methoxy groups -OCH3 is 1. The van der Waals surface area contributed by atoms with E-state index in [0.717, 1.165) is 21.7 Å². The summed E-state index contributed by atoms with van der Waals surface area (Å²) in [5.74, 6) is -0.0272. The van der Waals surface area contributed by atoms with Gasteiger partial charge >= 0.3 is 0 Å². The molecule has 0 fully saturated rings. The van der Waals surface area contributed by atoms with Crippen LogP contribution in [-0.2, 0) is 14.8 Å². The number of sulfonamides is 1. The zero-order valence-electron chi connectivity index (χ0n) is 15.9. The maximum atomic E-state index is 12.7. The number of carbonyl (C=O) groups is 1. The lowest BCUT2D eigenvalue weighted by atomic mass is 10.1. The van der Waals surface area contributed by atoms with Crippen molar-refractivity contribution in [3.63, 3.8) is 0 Å². The van der Waals surface area contributed by atoms with Crippen LogP contribution in [0.2, 0.25) is 5.02 Å². The van der Waals surface area contributed by atoms with E-state index in [-0.39, 0.29) is 10.7 Å². The third-order valence-corrected chi connectivity index (χ3v) is 5.66. The van der Waals surface area contributed by atoms with E-state index in [0.29, 0.717) is 11.4 Å². The van der Waals surface area contributed by atoms with Gasteiger partial charge in [-0.05, 0) is 50.6 Å². The van der Waals surface area contributed by atoms with Gasteiger partial charge in [-0.2, -0.15) is 0 Å². The smallest absolute Gasteiger partial charge is 0.248 e. The predicted octanol–water partition coefficient (Wildman–Crippen LogP) is 3.76. The molecular formula is C19H23ClN2O4S. The summed E-state index contributed by atoms with van der Waals surface area (Å²) in [6, 6.07) is 9.21. The van der Waals surface area contributed by atoms with E-state index in [4.69, 9.17) is 16.3 Å². The van der Waals surface area contributed by atoms with Crippen molar-refractivity contribution in [1.82, 2.24) is 0 Å². The minimum atomic E-state index is -3.73. The lowest BCUT2D eigenvalue weighted by Gasteiger charge is -2.28. The largest absolute Gasteiger partial charge is 0.495 e. The van der Waals surface area contributed by atoms with E-state index < -0.39 is 22.0 Å². The Morgan fingerprint density at radius 2 is 1.85 bits per heavy atom. The fourth-order valence-electron chi connectivity index (χ4n) is 2.79. The molecule has 0 saturated carbocycles. The topological polar surface area (TPSA) is 75.7 Å². The first-order valence-electron chi connectivity index (χ1n) is 8.25. The number of carbonyl (C=O) groups excluding carboxylic acids is 1.